The second-order valence-electron chi connectivity index (χ2n) is 9.77. The topological polar surface area (TPSA) is 251 Å². The van der Waals surface area contributed by atoms with Crippen LogP contribution in [0.5, 0.6) is 0 Å². The minimum Gasteiger partial charge on any atom is -0.394 e. The van der Waals surface area contributed by atoms with Crippen molar-refractivity contribution in [1.82, 2.24) is 39.0 Å². The lowest BCUT2D eigenvalue weighted by Crippen LogP contribution is -2.34. The van der Waals surface area contributed by atoms with Gasteiger partial charge >= 0.3 is 6.72 Å². The zero-order valence-corrected chi connectivity index (χ0v) is 22.2. The second kappa shape index (κ2) is 9.15. The van der Waals surface area contributed by atoms with Crippen molar-refractivity contribution in [3.8, 4) is 0 Å². The number of hydrogen-bond donors (Lipinski definition) is 6. The van der Waals surface area contributed by atoms with E-state index in [0.717, 1.165) is 6.33 Å². The summed E-state index contributed by atoms with van der Waals surface area (Å²) in [6.45, 7) is -4.60. The van der Waals surface area contributed by atoms with E-state index in [4.69, 9.17) is 36.1 Å². The number of imidazole rings is 2. The third-order valence-corrected chi connectivity index (χ3v) is 8.83. The van der Waals surface area contributed by atoms with Crippen LogP contribution in [-0.4, -0.2) is 96.9 Å². The maximum absolute atomic E-state index is 15.5. The largest absolute Gasteiger partial charge is 0.394 e. The van der Waals surface area contributed by atoms with Gasteiger partial charge in [-0.1, -0.05) is 0 Å². The maximum Gasteiger partial charge on any atom is 0.325 e. The number of fused-ring (bicyclic) bond motifs is 3. The van der Waals surface area contributed by atoms with E-state index < -0.39 is 73.1 Å². The number of anilines is 1. The minimum absolute atomic E-state index is 0.0344. The first-order valence-electron chi connectivity index (χ1n) is 12.1. The van der Waals surface area contributed by atoms with Gasteiger partial charge in [-0.25, -0.2) is 19.3 Å². The Morgan fingerprint density at radius 2 is 1.85 bits per heavy atom. The summed E-state index contributed by atoms with van der Waals surface area (Å²) in [4.78, 5) is 55.8. The van der Waals surface area contributed by atoms with Crippen molar-refractivity contribution in [1.29, 1.82) is 0 Å². The summed E-state index contributed by atoms with van der Waals surface area (Å²) >= 11 is 5.18. The van der Waals surface area contributed by atoms with Crippen LogP contribution < -0.4 is 16.9 Å². The van der Waals surface area contributed by atoms with Crippen molar-refractivity contribution in [3.63, 3.8) is 0 Å². The van der Waals surface area contributed by atoms with Gasteiger partial charge in [0.15, 0.2) is 46.6 Å². The Hall–Kier alpha value is -3.20. The SMILES string of the molecule is Nc1nc2c(ncn2[C@@H]2O[C@H](CO)C[C@H]2OP(O)(=S)OC2[C@H]3O[C@@H](n4cnc5c(=O)[nH]cnc54)[C@@H](F)[C@@]23O)c(=O)[nH]1. The van der Waals surface area contributed by atoms with Crippen LogP contribution in [0.3, 0.4) is 0 Å². The lowest BCUT2D eigenvalue weighted by molar-refractivity contribution is -0.0649. The average molecular weight is 613 g/mol. The average Bonchev–Trinajstić information content (AvgIpc) is 3.48. The van der Waals surface area contributed by atoms with Crippen LogP contribution in [0.4, 0.5) is 10.3 Å². The molecule has 18 nitrogen and oxygen atoms in total. The molecule has 2 saturated heterocycles. The fourth-order valence-corrected chi connectivity index (χ4v) is 7.07. The van der Waals surface area contributed by atoms with E-state index in [0.29, 0.717) is 0 Å². The Morgan fingerprint density at radius 3 is 2.54 bits per heavy atom. The van der Waals surface area contributed by atoms with Crippen molar-refractivity contribution in [3.05, 3.63) is 39.7 Å². The Bertz CT molecular complexity index is 1850. The van der Waals surface area contributed by atoms with Crippen LogP contribution in [0.15, 0.2) is 28.6 Å². The molecule has 21 heteroatoms. The lowest BCUT2D eigenvalue weighted by atomic mass is 10.2. The van der Waals surface area contributed by atoms with Gasteiger partial charge in [0.1, 0.15) is 18.3 Å². The molecule has 3 fully saturated rings. The number of ether oxygens (including phenoxy) is 2. The fraction of sp³-hybridized carbons (Fsp3) is 0.500. The van der Waals surface area contributed by atoms with Crippen LogP contribution in [-0.2, 0) is 30.3 Å². The highest BCUT2D eigenvalue weighted by molar-refractivity contribution is 8.07. The molecule has 0 aromatic carbocycles. The molecular formula is C20H21FN9O9PS. The number of nitrogen functional groups attached to an aromatic ring is 1. The highest BCUT2D eigenvalue weighted by Gasteiger charge is 2.80. The van der Waals surface area contributed by atoms with Crippen molar-refractivity contribution < 1.29 is 38.0 Å². The molecule has 0 radical (unpaired) electrons. The summed E-state index contributed by atoms with van der Waals surface area (Å²) in [5, 5.41) is 20.7. The molecule has 9 atom stereocenters. The number of nitrogens with zero attached hydrogens (tertiary/aromatic N) is 6. The maximum atomic E-state index is 15.5. The quantitative estimate of drug-likeness (QED) is 0.124. The number of aromatic amines is 2. The first kappa shape index (κ1) is 26.7. The molecule has 1 saturated carbocycles. The highest BCUT2D eigenvalue weighted by Crippen LogP contribution is 2.63. The van der Waals surface area contributed by atoms with E-state index in [1.54, 1.807) is 0 Å². The number of halogens is 1. The van der Waals surface area contributed by atoms with E-state index in [2.05, 4.69) is 29.9 Å². The van der Waals surface area contributed by atoms with Crippen molar-refractivity contribution >= 4 is 46.8 Å². The summed E-state index contributed by atoms with van der Waals surface area (Å²) in [5.74, 6) is -0.173. The molecule has 1 aliphatic carbocycles. The van der Waals surface area contributed by atoms with E-state index in [9.17, 15) is 24.7 Å². The van der Waals surface area contributed by atoms with E-state index in [1.165, 1.54) is 21.8 Å². The van der Waals surface area contributed by atoms with Gasteiger partial charge in [-0.3, -0.25) is 28.2 Å². The molecule has 7 N–H and O–H groups in total. The minimum atomic E-state index is -4.20. The van der Waals surface area contributed by atoms with Crippen molar-refractivity contribution in [2.24, 2.45) is 0 Å². The predicted molar refractivity (Wildman–Crippen MR) is 136 cm³/mol. The molecule has 4 aromatic heterocycles. The number of rotatable bonds is 7. The van der Waals surface area contributed by atoms with Gasteiger partial charge in [-0.2, -0.15) is 4.98 Å². The molecule has 41 heavy (non-hydrogen) atoms. The molecule has 0 amide bonds. The molecule has 218 valence electrons. The van der Waals surface area contributed by atoms with E-state index >= 15 is 4.39 Å². The summed E-state index contributed by atoms with van der Waals surface area (Å²) in [5.41, 5.74) is 2.41. The number of alkyl halides is 1. The van der Waals surface area contributed by atoms with Crippen molar-refractivity contribution in [2.75, 3.05) is 12.3 Å². The van der Waals surface area contributed by atoms with Gasteiger partial charge in [0.2, 0.25) is 5.95 Å². The standard InChI is InChI=1S/C20H21FN9O9PS/c21-10-18(29-4-25-8-13(29)23-3-24-15(8)32)37-11-12(20(10,11)34)39-40(35,41)38-7-1-6(2-31)36-17(7)30-5-26-9-14(30)27-19(22)28-16(9)33/h3-7,10-12,17-18,31,34H,1-2H2,(H,35,41)(H,23,24,32)(H3,22,27,28,33)/t6-,7+,10+,11+,12?,17+,18+,20-,40?/m0/s1. The van der Waals surface area contributed by atoms with Gasteiger partial charge in [-0.05, 0) is 11.8 Å². The third kappa shape index (κ3) is 4.06. The molecule has 6 heterocycles. The number of hydrogen-bond acceptors (Lipinski definition) is 14. The van der Waals surface area contributed by atoms with E-state index in [1.807, 2.05) is 0 Å². The summed E-state index contributed by atoms with van der Waals surface area (Å²) in [6.07, 6.45) is -5.29. The number of nitrogens with two attached hydrogens (primary N) is 1. The summed E-state index contributed by atoms with van der Waals surface area (Å²) in [7, 11) is 0. The molecule has 0 bridgehead atoms. The number of aromatic nitrogens is 8. The molecule has 4 aromatic rings. The summed E-state index contributed by atoms with van der Waals surface area (Å²) < 4.78 is 40.7. The smallest absolute Gasteiger partial charge is 0.325 e. The molecule has 2 aliphatic heterocycles. The molecule has 2 unspecified atom stereocenters. The number of aliphatic hydroxyl groups excluding tert-OH is 1. The zero-order chi connectivity index (χ0) is 28.8. The first-order valence-corrected chi connectivity index (χ1v) is 14.7. The summed E-state index contributed by atoms with van der Waals surface area (Å²) in [6, 6.07) is 0. The fourth-order valence-electron chi connectivity index (χ4n) is 5.31. The molecule has 7 rings (SSSR count). The predicted octanol–water partition coefficient (Wildman–Crippen LogP) is -1.92. The van der Waals surface area contributed by atoms with Gasteiger partial charge < -0.3 is 39.8 Å². The van der Waals surface area contributed by atoms with Gasteiger partial charge in [0.05, 0.1) is 31.7 Å². The normalized spacial score (nSPS) is 34.3. The molecular weight excluding hydrogens is 592 g/mol. The lowest BCUT2D eigenvalue weighted by Gasteiger charge is -2.26. The Balaban J connectivity index is 1.09. The second-order valence-corrected chi connectivity index (χ2v) is 12.5. The molecule has 3 aliphatic rings. The number of nitrogens with one attached hydrogen (secondary N) is 2. The van der Waals surface area contributed by atoms with Gasteiger partial charge in [-0.15, -0.1) is 0 Å². The zero-order valence-electron chi connectivity index (χ0n) is 20.5. The van der Waals surface area contributed by atoms with Crippen LogP contribution in [0.1, 0.15) is 18.9 Å². The van der Waals surface area contributed by atoms with Crippen LogP contribution >= 0.6 is 6.72 Å². The van der Waals surface area contributed by atoms with Crippen LogP contribution in [0.2, 0.25) is 0 Å². The molecule has 0 spiro atoms. The van der Waals surface area contributed by atoms with E-state index in [-0.39, 0.29) is 34.7 Å². The van der Waals surface area contributed by atoms with Crippen LogP contribution in [0.25, 0.3) is 22.3 Å². The van der Waals surface area contributed by atoms with Crippen molar-refractivity contribution in [2.45, 2.75) is 55.1 Å². The third-order valence-electron chi connectivity index (χ3n) is 7.28. The highest BCUT2D eigenvalue weighted by atomic mass is 32.5. The first-order chi connectivity index (χ1) is 19.5. The van der Waals surface area contributed by atoms with Gasteiger partial charge in [0.25, 0.3) is 11.1 Å². The Morgan fingerprint density at radius 1 is 1.15 bits per heavy atom. The number of aliphatic hydroxyl groups is 2. The Labute approximate surface area is 231 Å². The van der Waals surface area contributed by atoms with Gasteiger partial charge in [0, 0.05) is 6.42 Å². The number of H-pyrrole nitrogens is 2. The van der Waals surface area contributed by atoms with Crippen LogP contribution in [0, 0.1) is 0 Å². The Kier molecular flexibility index (Phi) is 5.95. The monoisotopic (exact) mass is 613 g/mol.